The van der Waals surface area contributed by atoms with Crippen LogP contribution in [0.4, 0.5) is 0 Å². The van der Waals surface area contributed by atoms with Gasteiger partial charge in [0.15, 0.2) is 5.82 Å². The van der Waals surface area contributed by atoms with E-state index in [9.17, 15) is 0 Å². The molecule has 3 aromatic rings. The Morgan fingerprint density at radius 2 is 1.87 bits per heavy atom. The second-order valence-corrected chi connectivity index (χ2v) is 6.09. The second kappa shape index (κ2) is 6.14. The molecule has 6 heteroatoms. The summed E-state index contributed by atoms with van der Waals surface area (Å²) in [5, 5.41) is 8.57. The summed E-state index contributed by atoms with van der Waals surface area (Å²) >= 11 is 0. The first-order valence-electron chi connectivity index (χ1n) is 8.25. The molecule has 6 nitrogen and oxygen atoms in total. The summed E-state index contributed by atoms with van der Waals surface area (Å²) < 4.78 is 0. The van der Waals surface area contributed by atoms with Crippen LogP contribution in [-0.4, -0.2) is 62.7 Å². The number of piperazine rings is 1. The highest BCUT2D eigenvalue weighted by Crippen LogP contribution is 2.23. The number of nitrogens with one attached hydrogen (secondary N) is 2. The highest BCUT2D eigenvalue weighted by molar-refractivity contribution is 5.90. The minimum absolute atomic E-state index is 0.838. The number of hydrogen-bond acceptors (Lipinski definition) is 4. The number of imidazole rings is 1. The van der Waals surface area contributed by atoms with Crippen LogP contribution in [0.5, 0.6) is 0 Å². The molecule has 1 saturated heterocycles. The largest absolute Gasteiger partial charge is 0.339 e. The highest BCUT2D eigenvalue weighted by Gasteiger charge is 2.17. The number of nitrogens with zero attached hydrogens (tertiary/aromatic N) is 4. The van der Waals surface area contributed by atoms with Crippen molar-refractivity contribution in [3.8, 4) is 11.5 Å². The molecule has 2 N–H and O–H groups in total. The quantitative estimate of drug-likeness (QED) is 0.774. The summed E-state index contributed by atoms with van der Waals surface area (Å²) in [4.78, 5) is 12.9. The third-order valence-electron chi connectivity index (χ3n) is 4.63. The van der Waals surface area contributed by atoms with E-state index >= 15 is 0 Å². The summed E-state index contributed by atoms with van der Waals surface area (Å²) in [6, 6.07) is 8.13. The average molecular weight is 310 g/mol. The van der Waals surface area contributed by atoms with Gasteiger partial charge in [-0.3, -0.25) is 10.00 Å². The monoisotopic (exact) mass is 310 g/mol. The van der Waals surface area contributed by atoms with Gasteiger partial charge in [-0.05, 0) is 12.6 Å². The van der Waals surface area contributed by atoms with Crippen LogP contribution in [0, 0.1) is 0 Å². The van der Waals surface area contributed by atoms with Crippen LogP contribution >= 0.6 is 0 Å². The van der Waals surface area contributed by atoms with Gasteiger partial charge in [-0.15, -0.1) is 0 Å². The van der Waals surface area contributed by atoms with E-state index < -0.39 is 0 Å². The van der Waals surface area contributed by atoms with E-state index in [0.29, 0.717) is 0 Å². The molecule has 4 rings (SSSR count). The molecule has 120 valence electrons. The van der Waals surface area contributed by atoms with Crippen LogP contribution in [0.15, 0.2) is 30.5 Å². The maximum absolute atomic E-state index is 4.53. The number of aromatic amines is 2. The summed E-state index contributed by atoms with van der Waals surface area (Å²) in [5.41, 5.74) is 3.08. The number of benzene rings is 1. The van der Waals surface area contributed by atoms with Crippen molar-refractivity contribution in [2.24, 2.45) is 0 Å². The molecule has 2 aromatic heterocycles. The van der Waals surface area contributed by atoms with E-state index in [1.807, 2.05) is 24.4 Å². The Hall–Kier alpha value is -2.18. The third-order valence-corrected chi connectivity index (χ3v) is 4.63. The SMILES string of the molecule is CCN1CCN(Cc2cnc(-c3n[nH]c4ccccc34)[nH]2)CC1. The predicted octanol–water partition coefficient (Wildman–Crippen LogP) is 2.09. The van der Waals surface area contributed by atoms with E-state index in [2.05, 4.69) is 43.0 Å². The summed E-state index contributed by atoms with van der Waals surface area (Å²) in [7, 11) is 0. The lowest BCUT2D eigenvalue weighted by Crippen LogP contribution is -2.45. The minimum Gasteiger partial charge on any atom is -0.339 e. The zero-order chi connectivity index (χ0) is 15.6. The number of H-pyrrole nitrogens is 2. The van der Waals surface area contributed by atoms with Crippen molar-refractivity contribution in [2.45, 2.75) is 13.5 Å². The maximum Gasteiger partial charge on any atom is 0.158 e. The normalized spacial score (nSPS) is 17.1. The molecule has 23 heavy (non-hydrogen) atoms. The molecule has 0 atom stereocenters. The van der Waals surface area contributed by atoms with Crippen molar-refractivity contribution in [1.29, 1.82) is 0 Å². The number of hydrogen-bond donors (Lipinski definition) is 2. The fourth-order valence-corrected chi connectivity index (χ4v) is 3.21. The van der Waals surface area contributed by atoms with Gasteiger partial charge in [0, 0.05) is 43.8 Å². The Morgan fingerprint density at radius 3 is 2.70 bits per heavy atom. The first-order valence-corrected chi connectivity index (χ1v) is 8.25. The van der Waals surface area contributed by atoms with Crippen molar-refractivity contribution in [1.82, 2.24) is 30.0 Å². The van der Waals surface area contributed by atoms with E-state index in [-0.39, 0.29) is 0 Å². The molecule has 0 aliphatic carbocycles. The molecule has 0 spiro atoms. The topological polar surface area (TPSA) is 63.8 Å². The Morgan fingerprint density at radius 1 is 1.09 bits per heavy atom. The Balaban J connectivity index is 1.49. The molecule has 0 bridgehead atoms. The van der Waals surface area contributed by atoms with Gasteiger partial charge < -0.3 is 9.88 Å². The zero-order valence-electron chi connectivity index (χ0n) is 13.4. The van der Waals surface area contributed by atoms with Gasteiger partial charge in [-0.25, -0.2) is 4.98 Å². The summed E-state index contributed by atoms with van der Waals surface area (Å²) in [5.74, 6) is 0.838. The van der Waals surface area contributed by atoms with Gasteiger partial charge in [0.2, 0.25) is 0 Å². The smallest absolute Gasteiger partial charge is 0.158 e. The molecular formula is C17H22N6. The van der Waals surface area contributed by atoms with Crippen LogP contribution < -0.4 is 0 Å². The first-order chi connectivity index (χ1) is 11.3. The Labute approximate surface area is 135 Å². The molecule has 0 amide bonds. The molecule has 0 radical (unpaired) electrons. The average Bonchev–Trinajstić information content (AvgIpc) is 3.22. The molecule has 1 aliphatic rings. The molecular weight excluding hydrogens is 288 g/mol. The van der Waals surface area contributed by atoms with E-state index in [4.69, 9.17) is 0 Å². The first kappa shape index (κ1) is 14.4. The fourth-order valence-electron chi connectivity index (χ4n) is 3.21. The van der Waals surface area contributed by atoms with E-state index in [0.717, 1.165) is 67.4 Å². The van der Waals surface area contributed by atoms with Crippen LogP contribution in [-0.2, 0) is 6.54 Å². The van der Waals surface area contributed by atoms with Crippen molar-refractivity contribution in [2.75, 3.05) is 32.7 Å². The van der Waals surface area contributed by atoms with Crippen molar-refractivity contribution < 1.29 is 0 Å². The predicted molar refractivity (Wildman–Crippen MR) is 91.1 cm³/mol. The van der Waals surface area contributed by atoms with Crippen LogP contribution in [0.2, 0.25) is 0 Å². The standard InChI is InChI=1S/C17H22N6/c1-2-22-7-9-23(10-8-22)12-13-11-18-17(19-13)16-14-5-3-4-6-15(14)20-21-16/h3-6,11H,2,7-10,12H2,1H3,(H,18,19)(H,20,21). The Kier molecular flexibility index (Phi) is 3.85. The highest BCUT2D eigenvalue weighted by atomic mass is 15.3. The second-order valence-electron chi connectivity index (χ2n) is 6.09. The number of likely N-dealkylation sites (N-methyl/N-ethyl adjacent to an activating group) is 1. The number of aromatic nitrogens is 4. The van der Waals surface area contributed by atoms with Gasteiger partial charge in [-0.1, -0.05) is 25.1 Å². The van der Waals surface area contributed by atoms with Gasteiger partial charge in [0.1, 0.15) is 5.69 Å². The molecule has 3 heterocycles. The lowest BCUT2D eigenvalue weighted by Gasteiger charge is -2.33. The molecule has 1 aliphatic heterocycles. The van der Waals surface area contributed by atoms with Crippen molar-refractivity contribution >= 4 is 10.9 Å². The van der Waals surface area contributed by atoms with Crippen LogP contribution in [0.1, 0.15) is 12.6 Å². The summed E-state index contributed by atoms with van der Waals surface area (Å²) in [6.07, 6.45) is 1.94. The lowest BCUT2D eigenvalue weighted by atomic mass is 10.2. The molecule has 0 saturated carbocycles. The van der Waals surface area contributed by atoms with Gasteiger partial charge in [0.25, 0.3) is 0 Å². The van der Waals surface area contributed by atoms with Gasteiger partial charge in [-0.2, -0.15) is 5.10 Å². The Bertz CT molecular complexity index is 781. The molecule has 1 fully saturated rings. The van der Waals surface area contributed by atoms with Gasteiger partial charge in [0.05, 0.1) is 11.7 Å². The zero-order valence-corrected chi connectivity index (χ0v) is 13.4. The molecule has 0 unspecified atom stereocenters. The lowest BCUT2D eigenvalue weighted by molar-refractivity contribution is 0.131. The summed E-state index contributed by atoms with van der Waals surface area (Å²) in [6.45, 7) is 8.84. The van der Waals surface area contributed by atoms with Crippen LogP contribution in [0.25, 0.3) is 22.4 Å². The number of rotatable bonds is 4. The molecule has 1 aromatic carbocycles. The van der Waals surface area contributed by atoms with Gasteiger partial charge >= 0.3 is 0 Å². The van der Waals surface area contributed by atoms with Crippen LogP contribution in [0.3, 0.4) is 0 Å². The number of para-hydroxylation sites is 1. The van der Waals surface area contributed by atoms with Crippen molar-refractivity contribution in [3.63, 3.8) is 0 Å². The minimum atomic E-state index is 0.838. The van der Waals surface area contributed by atoms with E-state index in [1.165, 1.54) is 0 Å². The van der Waals surface area contributed by atoms with E-state index in [1.54, 1.807) is 0 Å². The van der Waals surface area contributed by atoms with Crippen molar-refractivity contribution in [3.05, 3.63) is 36.2 Å². The number of fused-ring (bicyclic) bond motifs is 1. The fraction of sp³-hybridized carbons (Fsp3) is 0.412. The maximum atomic E-state index is 4.53. The third kappa shape index (κ3) is 2.87.